The van der Waals surface area contributed by atoms with E-state index in [9.17, 15) is 5.11 Å². The Morgan fingerprint density at radius 1 is 1.17 bits per heavy atom. The molecule has 3 aromatic rings. The highest BCUT2D eigenvalue weighted by Gasteiger charge is 2.15. The van der Waals surface area contributed by atoms with Crippen LogP contribution in [-0.2, 0) is 13.0 Å². The Balaban J connectivity index is 1.61. The fourth-order valence-electron chi connectivity index (χ4n) is 2.70. The standard InChI is InChI=1S/C19H23N3O/c1-14-8-9-19-21-12-17(22(19)13-14)11-20-15(2)18(23)10-16-6-4-3-5-7-16/h3-9,12-13,15,18,20,23H,10-11H2,1-2H3. The quantitative estimate of drug-likeness (QED) is 0.736. The number of hydrogen-bond acceptors (Lipinski definition) is 3. The molecule has 0 aliphatic rings. The van der Waals surface area contributed by atoms with Crippen molar-refractivity contribution in [1.29, 1.82) is 0 Å². The van der Waals surface area contributed by atoms with E-state index in [1.165, 1.54) is 5.56 Å². The molecule has 2 N–H and O–H groups in total. The molecule has 0 spiro atoms. The first-order chi connectivity index (χ1) is 11.1. The lowest BCUT2D eigenvalue weighted by atomic mass is 10.0. The number of fused-ring (bicyclic) bond motifs is 1. The highest BCUT2D eigenvalue weighted by atomic mass is 16.3. The van der Waals surface area contributed by atoms with Crippen LogP contribution >= 0.6 is 0 Å². The van der Waals surface area contributed by atoms with Gasteiger partial charge in [-0.1, -0.05) is 36.4 Å². The van der Waals surface area contributed by atoms with E-state index in [-0.39, 0.29) is 6.04 Å². The van der Waals surface area contributed by atoms with Gasteiger partial charge in [0.15, 0.2) is 0 Å². The summed E-state index contributed by atoms with van der Waals surface area (Å²) in [5.74, 6) is 0. The molecule has 0 saturated heterocycles. The van der Waals surface area contributed by atoms with Gasteiger partial charge in [0, 0.05) is 18.8 Å². The summed E-state index contributed by atoms with van der Waals surface area (Å²) in [5.41, 5.74) is 4.40. The second-order valence-electron chi connectivity index (χ2n) is 6.11. The largest absolute Gasteiger partial charge is 0.391 e. The predicted molar refractivity (Wildman–Crippen MR) is 92.4 cm³/mol. The van der Waals surface area contributed by atoms with E-state index in [0.717, 1.165) is 16.9 Å². The SMILES string of the molecule is Cc1ccc2ncc(CNC(C)C(O)Cc3ccccc3)n2c1. The van der Waals surface area contributed by atoms with Crippen molar-refractivity contribution in [2.75, 3.05) is 0 Å². The molecule has 0 radical (unpaired) electrons. The third-order valence-electron chi connectivity index (χ3n) is 4.20. The average molecular weight is 309 g/mol. The van der Waals surface area contributed by atoms with Crippen LogP contribution in [0.4, 0.5) is 0 Å². The van der Waals surface area contributed by atoms with Crippen molar-refractivity contribution in [1.82, 2.24) is 14.7 Å². The van der Waals surface area contributed by atoms with Crippen molar-refractivity contribution < 1.29 is 5.11 Å². The first-order valence-corrected chi connectivity index (χ1v) is 8.01. The van der Waals surface area contributed by atoms with Crippen molar-refractivity contribution in [3.05, 3.63) is 71.7 Å². The van der Waals surface area contributed by atoms with Crippen LogP contribution in [-0.4, -0.2) is 26.6 Å². The van der Waals surface area contributed by atoms with Crippen LogP contribution < -0.4 is 5.32 Å². The van der Waals surface area contributed by atoms with Crippen LogP contribution in [0.5, 0.6) is 0 Å². The average Bonchev–Trinajstić information content (AvgIpc) is 2.95. The smallest absolute Gasteiger partial charge is 0.136 e. The molecular weight excluding hydrogens is 286 g/mol. The third kappa shape index (κ3) is 3.78. The van der Waals surface area contributed by atoms with E-state index in [2.05, 4.69) is 33.9 Å². The van der Waals surface area contributed by atoms with Crippen molar-refractivity contribution in [3.63, 3.8) is 0 Å². The summed E-state index contributed by atoms with van der Waals surface area (Å²) in [6.07, 6.45) is 4.21. The first kappa shape index (κ1) is 15.7. The lowest BCUT2D eigenvalue weighted by Crippen LogP contribution is -2.38. The maximum Gasteiger partial charge on any atom is 0.136 e. The van der Waals surface area contributed by atoms with Crippen LogP contribution in [0.3, 0.4) is 0 Å². The first-order valence-electron chi connectivity index (χ1n) is 8.01. The minimum Gasteiger partial charge on any atom is -0.391 e. The van der Waals surface area contributed by atoms with E-state index >= 15 is 0 Å². The number of nitrogens with zero attached hydrogens (tertiary/aromatic N) is 2. The number of aryl methyl sites for hydroxylation is 1. The topological polar surface area (TPSA) is 49.6 Å². The van der Waals surface area contributed by atoms with Gasteiger partial charge < -0.3 is 14.8 Å². The normalized spacial score (nSPS) is 14.0. The molecule has 1 aromatic carbocycles. The van der Waals surface area contributed by atoms with E-state index in [1.807, 2.05) is 49.5 Å². The molecule has 0 aliphatic heterocycles. The van der Waals surface area contributed by atoms with Gasteiger partial charge in [0.2, 0.25) is 0 Å². The molecular formula is C19H23N3O. The Morgan fingerprint density at radius 2 is 1.96 bits per heavy atom. The van der Waals surface area contributed by atoms with Gasteiger partial charge in [-0.3, -0.25) is 0 Å². The summed E-state index contributed by atoms with van der Waals surface area (Å²) < 4.78 is 2.10. The van der Waals surface area contributed by atoms with Gasteiger partial charge in [-0.2, -0.15) is 0 Å². The van der Waals surface area contributed by atoms with E-state index in [0.29, 0.717) is 13.0 Å². The number of imidazole rings is 1. The van der Waals surface area contributed by atoms with Crippen molar-refractivity contribution >= 4 is 5.65 Å². The summed E-state index contributed by atoms with van der Waals surface area (Å²) in [7, 11) is 0. The minimum absolute atomic E-state index is 0.00515. The minimum atomic E-state index is -0.418. The molecule has 120 valence electrons. The lowest BCUT2D eigenvalue weighted by Gasteiger charge is -2.20. The Bertz CT molecular complexity index is 767. The van der Waals surface area contributed by atoms with Crippen LogP contribution in [0.25, 0.3) is 5.65 Å². The van der Waals surface area contributed by atoms with Crippen molar-refractivity contribution in [2.45, 2.75) is 39.0 Å². The zero-order valence-electron chi connectivity index (χ0n) is 13.6. The number of nitrogens with one attached hydrogen (secondary N) is 1. The van der Waals surface area contributed by atoms with Gasteiger partial charge in [0.05, 0.1) is 18.0 Å². The van der Waals surface area contributed by atoms with E-state index < -0.39 is 6.10 Å². The van der Waals surface area contributed by atoms with Crippen LogP contribution in [0, 0.1) is 6.92 Å². The zero-order valence-corrected chi connectivity index (χ0v) is 13.6. The second kappa shape index (κ2) is 6.94. The number of pyridine rings is 1. The number of rotatable bonds is 6. The van der Waals surface area contributed by atoms with Crippen LogP contribution in [0.15, 0.2) is 54.9 Å². The lowest BCUT2D eigenvalue weighted by molar-refractivity contribution is 0.133. The second-order valence-corrected chi connectivity index (χ2v) is 6.11. The summed E-state index contributed by atoms with van der Waals surface area (Å²) >= 11 is 0. The summed E-state index contributed by atoms with van der Waals surface area (Å²) in [6.45, 7) is 4.77. The molecule has 0 aliphatic carbocycles. The van der Waals surface area contributed by atoms with E-state index in [1.54, 1.807) is 0 Å². The number of benzene rings is 1. The Hall–Kier alpha value is -2.17. The fourth-order valence-corrected chi connectivity index (χ4v) is 2.70. The molecule has 0 fully saturated rings. The molecule has 0 amide bonds. The van der Waals surface area contributed by atoms with Crippen molar-refractivity contribution in [2.24, 2.45) is 0 Å². The molecule has 0 saturated carbocycles. The molecule has 2 heterocycles. The number of aliphatic hydroxyl groups is 1. The fraction of sp³-hybridized carbons (Fsp3) is 0.316. The highest BCUT2D eigenvalue weighted by molar-refractivity contribution is 5.41. The number of aliphatic hydroxyl groups excluding tert-OH is 1. The Kier molecular flexibility index (Phi) is 4.74. The Labute approximate surface area is 136 Å². The van der Waals surface area contributed by atoms with Gasteiger partial charge in [0.25, 0.3) is 0 Å². The molecule has 0 bridgehead atoms. The summed E-state index contributed by atoms with van der Waals surface area (Å²) in [5, 5.41) is 13.8. The number of hydrogen-bond donors (Lipinski definition) is 2. The molecule has 4 heteroatoms. The van der Waals surface area contributed by atoms with Crippen LogP contribution in [0.1, 0.15) is 23.7 Å². The predicted octanol–water partition coefficient (Wildman–Crippen LogP) is 2.72. The molecule has 3 rings (SSSR count). The monoisotopic (exact) mass is 309 g/mol. The van der Waals surface area contributed by atoms with Gasteiger partial charge in [-0.05, 0) is 37.5 Å². The molecule has 2 atom stereocenters. The maximum atomic E-state index is 10.4. The molecule has 2 unspecified atom stereocenters. The van der Waals surface area contributed by atoms with E-state index in [4.69, 9.17) is 0 Å². The maximum absolute atomic E-state index is 10.4. The molecule has 4 nitrogen and oxygen atoms in total. The van der Waals surface area contributed by atoms with Crippen LogP contribution in [0.2, 0.25) is 0 Å². The van der Waals surface area contributed by atoms with Gasteiger partial charge >= 0.3 is 0 Å². The van der Waals surface area contributed by atoms with Gasteiger partial charge in [0.1, 0.15) is 5.65 Å². The highest BCUT2D eigenvalue weighted by Crippen LogP contribution is 2.10. The van der Waals surface area contributed by atoms with Crippen molar-refractivity contribution in [3.8, 4) is 0 Å². The van der Waals surface area contributed by atoms with Gasteiger partial charge in [-0.15, -0.1) is 0 Å². The molecule has 23 heavy (non-hydrogen) atoms. The zero-order chi connectivity index (χ0) is 16.2. The molecule has 2 aromatic heterocycles. The Morgan fingerprint density at radius 3 is 2.74 bits per heavy atom. The third-order valence-corrected chi connectivity index (χ3v) is 4.20. The van der Waals surface area contributed by atoms with Gasteiger partial charge in [-0.25, -0.2) is 4.98 Å². The summed E-state index contributed by atoms with van der Waals surface area (Å²) in [4.78, 5) is 4.41. The summed E-state index contributed by atoms with van der Waals surface area (Å²) in [6, 6.07) is 14.2. The number of aromatic nitrogens is 2.